The van der Waals surface area contributed by atoms with Crippen LogP contribution in [0.2, 0.25) is 0 Å². The van der Waals surface area contributed by atoms with E-state index in [0.29, 0.717) is 11.5 Å². The van der Waals surface area contributed by atoms with Crippen molar-refractivity contribution in [2.45, 2.75) is 18.9 Å². The maximum absolute atomic E-state index is 9.36. The quantitative estimate of drug-likeness (QED) is 0.927. The highest BCUT2D eigenvalue weighted by molar-refractivity contribution is 5.83. The van der Waals surface area contributed by atoms with Gasteiger partial charge in [-0.25, -0.2) is 4.98 Å². The third-order valence-electron chi connectivity index (χ3n) is 3.93. The second-order valence-corrected chi connectivity index (χ2v) is 5.54. The second-order valence-electron chi connectivity index (χ2n) is 5.54. The van der Waals surface area contributed by atoms with Crippen molar-refractivity contribution in [1.29, 1.82) is 5.26 Å². The third kappa shape index (κ3) is 2.33. The summed E-state index contributed by atoms with van der Waals surface area (Å²) in [5, 5.41) is 19.7. The van der Waals surface area contributed by atoms with Crippen LogP contribution in [0.1, 0.15) is 18.4 Å². The third-order valence-corrected chi connectivity index (χ3v) is 3.93. The van der Waals surface area contributed by atoms with Gasteiger partial charge in [0.15, 0.2) is 0 Å². The molecular weight excluding hydrogens is 250 g/mol. The van der Waals surface area contributed by atoms with Gasteiger partial charge in [-0.3, -0.25) is 0 Å². The molecule has 1 aliphatic carbocycles. The number of anilines is 1. The Bertz CT molecular complexity index is 671. The van der Waals surface area contributed by atoms with E-state index in [1.165, 1.54) is 0 Å². The molecule has 0 aliphatic heterocycles. The number of pyridine rings is 1. The number of nitrogens with zero attached hydrogens (tertiary/aromatic N) is 3. The van der Waals surface area contributed by atoms with Gasteiger partial charge in [0.2, 0.25) is 0 Å². The van der Waals surface area contributed by atoms with Crippen molar-refractivity contribution in [2.24, 2.45) is 5.92 Å². The van der Waals surface area contributed by atoms with E-state index in [1.54, 1.807) is 0 Å². The molecule has 1 aliphatic rings. The minimum Gasteiger partial charge on any atom is -0.393 e. The van der Waals surface area contributed by atoms with E-state index in [4.69, 9.17) is 0 Å². The van der Waals surface area contributed by atoms with E-state index < -0.39 is 0 Å². The molecule has 0 unspecified atom stereocenters. The summed E-state index contributed by atoms with van der Waals surface area (Å²) in [5.74, 6) is 1.22. The van der Waals surface area contributed by atoms with E-state index in [-0.39, 0.29) is 6.10 Å². The molecule has 1 saturated carbocycles. The minimum atomic E-state index is -0.145. The first-order chi connectivity index (χ1) is 9.67. The number of nitriles is 1. The van der Waals surface area contributed by atoms with Crippen LogP contribution >= 0.6 is 0 Å². The van der Waals surface area contributed by atoms with E-state index in [9.17, 15) is 10.4 Å². The Labute approximate surface area is 118 Å². The van der Waals surface area contributed by atoms with Gasteiger partial charge in [-0.2, -0.15) is 5.26 Å². The lowest BCUT2D eigenvalue weighted by Crippen LogP contribution is -2.37. The van der Waals surface area contributed by atoms with E-state index in [0.717, 1.165) is 36.1 Å². The van der Waals surface area contributed by atoms with Crippen molar-refractivity contribution >= 4 is 16.7 Å². The zero-order valence-electron chi connectivity index (χ0n) is 11.5. The van der Waals surface area contributed by atoms with Gasteiger partial charge in [-0.05, 0) is 30.9 Å². The maximum atomic E-state index is 9.36. The number of aliphatic hydroxyl groups is 1. The fourth-order valence-electron chi connectivity index (χ4n) is 2.80. The smallest absolute Gasteiger partial charge is 0.147 e. The molecule has 0 radical (unpaired) electrons. The second kappa shape index (κ2) is 5.10. The molecule has 3 rings (SSSR count). The van der Waals surface area contributed by atoms with Crippen LogP contribution in [0, 0.1) is 17.2 Å². The monoisotopic (exact) mass is 267 g/mol. The first kappa shape index (κ1) is 12.9. The lowest BCUT2D eigenvalue weighted by molar-refractivity contribution is 0.0464. The highest BCUT2D eigenvalue weighted by Gasteiger charge is 2.28. The SMILES string of the molecule is CN(CC1CC(O)C1)c1nc2ccccc2cc1C#N. The Morgan fingerprint density at radius 1 is 1.40 bits per heavy atom. The molecule has 4 nitrogen and oxygen atoms in total. The number of benzene rings is 1. The molecule has 0 amide bonds. The van der Waals surface area contributed by atoms with E-state index >= 15 is 0 Å². The number of aromatic nitrogens is 1. The van der Waals surface area contributed by atoms with Crippen LogP contribution in [0.5, 0.6) is 0 Å². The zero-order valence-corrected chi connectivity index (χ0v) is 11.5. The van der Waals surface area contributed by atoms with Gasteiger partial charge in [0, 0.05) is 19.0 Å². The fraction of sp³-hybridized carbons (Fsp3) is 0.375. The first-order valence-electron chi connectivity index (χ1n) is 6.86. The van der Waals surface area contributed by atoms with Gasteiger partial charge < -0.3 is 10.0 Å². The van der Waals surface area contributed by atoms with Crippen molar-refractivity contribution in [3.8, 4) is 6.07 Å². The Morgan fingerprint density at radius 2 is 2.15 bits per heavy atom. The fourth-order valence-corrected chi connectivity index (χ4v) is 2.80. The molecule has 1 aromatic carbocycles. The molecule has 0 spiro atoms. The van der Waals surface area contributed by atoms with Crippen molar-refractivity contribution in [3.05, 3.63) is 35.9 Å². The Kier molecular flexibility index (Phi) is 3.29. The van der Waals surface area contributed by atoms with Gasteiger partial charge in [0.05, 0.1) is 17.2 Å². The van der Waals surface area contributed by atoms with Crippen LogP contribution in [-0.4, -0.2) is 29.8 Å². The predicted molar refractivity (Wildman–Crippen MR) is 78.5 cm³/mol. The Balaban J connectivity index is 1.91. The summed E-state index contributed by atoms with van der Waals surface area (Å²) in [5.41, 5.74) is 1.51. The molecular formula is C16H17N3O. The molecule has 2 aromatic rings. The highest BCUT2D eigenvalue weighted by Crippen LogP contribution is 2.30. The molecule has 1 N–H and O–H groups in total. The van der Waals surface area contributed by atoms with Crippen LogP contribution in [0.4, 0.5) is 5.82 Å². The highest BCUT2D eigenvalue weighted by atomic mass is 16.3. The van der Waals surface area contributed by atoms with Gasteiger partial charge in [-0.1, -0.05) is 18.2 Å². The van der Waals surface area contributed by atoms with Crippen molar-refractivity contribution in [2.75, 3.05) is 18.5 Å². The molecule has 4 heteroatoms. The van der Waals surface area contributed by atoms with Crippen LogP contribution < -0.4 is 4.90 Å². The number of hydrogen-bond donors (Lipinski definition) is 1. The first-order valence-corrected chi connectivity index (χ1v) is 6.86. The largest absolute Gasteiger partial charge is 0.393 e. The summed E-state index contributed by atoms with van der Waals surface area (Å²) in [6.07, 6.45) is 1.55. The number of aliphatic hydroxyl groups excluding tert-OH is 1. The van der Waals surface area contributed by atoms with Crippen LogP contribution in [0.25, 0.3) is 10.9 Å². The molecule has 0 bridgehead atoms. The summed E-state index contributed by atoms with van der Waals surface area (Å²) in [6.45, 7) is 0.830. The molecule has 102 valence electrons. The van der Waals surface area contributed by atoms with Crippen molar-refractivity contribution in [1.82, 2.24) is 4.98 Å². The van der Waals surface area contributed by atoms with E-state index in [2.05, 4.69) is 11.1 Å². The van der Waals surface area contributed by atoms with Crippen LogP contribution in [0.3, 0.4) is 0 Å². The molecule has 0 atom stereocenters. The summed E-state index contributed by atoms with van der Waals surface area (Å²) >= 11 is 0. The van der Waals surface area contributed by atoms with Crippen LogP contribution in [-0.2, 0) is 0 Å². The topological polar surface area (TPSA) is 60.1 Å². The summed E-state index contributed by atoms with van der Waals surface area (Å²) < 4.78 is 0. The average molecular weight is 267 g/mol. The Morgan fingerprint density at radius 3 is 2.85 bits per heavy atom. The lowest BCUT2D eigenvalue weighted by atomic mass is 9.82. The number of para-hydroxylation sites is 1. The zero-order chi connectivity index (χ0) is 14.1. The predicted octanol–water partition coefficient (Wildman–Crippen LogP) is 2.31. The minimum absolute atomic E-state index is 0.145. The number of rotatable bonds is 3. The number of fused-ring (bicyclic) bond motifs is 1. The van der Waals surface area contributed by atoms with Gasteiger partial charge >= 0.3 is 0 Å². The van der Waals surface area contributed by atoms with E-state index in [1.807, 2.05) is 42.3 Å². The molecule has 20 heavy (non-hydrogen) atoms. The van der Waals surface area contributed by atoms with Gasteiger partial charge in [0.1, 0.15) is 11.9 Å². The standard InChI is InChI=1S/C16H17N3O/c1-19(10-11-6-14(20)7-11)16-13(9-17)8-12-4-2-3-5-15(12)18-16/h2-5,8,11,14,20H,6-7,10H2,1H3. The molecule has 1 heterocycles. The molecule has 1 aromatic heterocycles. The van der Waals surface area contributed by atoms with Crippen molar-refractivity contribution in [3.63, 3.8) is 0 Å². The Hall–Kier alpha value is -2.12. The van der Waals surface area contributed by atoms with Gasteiger partial charge in [0.25, 0.3) is 0 Å². The maximum Gasteiger partial charge on any atom is 0.147 e. The summed E-state index contributed by atoms with van der Waals surface area (Å²) in [4.78, 5) is 6.65. The summed E-state index contributed by atoms with van der Waals surface area (Å²) in [7, 11) is 1.96. The molecule has 1 fully saturated rings. The van der Waals surface area contributed by atoms with Crippen LogP contribution in [0.15, 0.2) is 30.3 Å². The van der Waals surface area contributed by atoms with Crippen molar-refractivity contribution < 1.29 is 5.11 Å². The normalized spacial score (nSPS) is 21.2. The average Bonchev–Trinajstić information content (AvgIpc) is 2.44. The summed E-state index contributed by atoms with van der Waals surface area (Å²) in [6, 6.07) is 12.0. The lowest BCUT2D eigenvalue weighted by Gasteiger charge is -2.35. The molecule has 0 saturated heterocycles. The van der Waals surface area contributed by atoms with Gasteiger partial charge in [-0.15, -0.1) is 0 Å². The number of hydrogen-bond acceptors (Lipinski definition) is 4.